The minimum absolute atomic E-state index is 0.0683. The van der Waals surface area contributed by atoms with E-state index in [1.807, 2.05) is 13.8 Å². The van der Waals surface area contributed by atoms with Crippen LogP contribution in [0.2, 0.25) is 5.02 Å². The molecule has 190 valence electrons. The Balaban J connectivity index is 1.60. The number of hydrogen-bond donors (Lipinski definition) is 1. The number of hydrogen-bond acceptors (Lipinski definition) is 5. The van der Waals surface area contributed by atoms with Crippen LogP contribution in [0.5, 0.6) is 0 Å². The molecule has 2 aromatic heterocycles. The molecule has 1 amide bonds. The molecule has 0 saturated carbocycles. The van der Waals surface area contributed by atoms with Crippen molar-refractivity contribution >= 4 is 23.3 Å². The molecule has 3 aromatic rings. The first-order valence-corrected chi connectivity index (χ1v) is 12.2. The quantitative estimate of drug-likeness (QED) is 0.433. The third-order valence-corrected chi connectivity index (χ3v) is 6.35. The van der Waals surface area contributed by atoms with Gasteiger partial charge in [-0.15, -0.1) is 0 Å². The van der Waals surface area contributed by atoms with Crippen LogP contribution >= 0.6 is 11.6 Å². The standard InChI is InChI=1S/C26H27ClF3N5O/c1-16(2)13-23(36)33-19-8-11-35(12-9-19)22-15-32-24(17-3-5-18(6-4-17)26(28,29)30)25(34-22)20-7-10-31-14-21(20)27/h3-7,10,14-16,19H,8-9,11-13H2,1-2H3,(H,33,36). The number of carbonyl (C=O) groups is 1. The Kier molecular flexibility index (Phi) is 7.78. The van der Waals surface area contributed by atoms with Crippen LogP contribution in [0.4, 0.5) is 19.0 Å². The number of benzene rings is 1. The molecular weight excluding hydrogens is 491 g/mol. The SMILES string of the molecule is CC(C)CC(=O)NC1CCN(c2cnc(-c3ccc(C(F)(F)F)cc3)c(-c3ccncc3Cl)n2)CC1. The Morgan fingerprint density at radius 2 is 1.81 bits per heavy atom. The van der Waals surface area contributed by atoms with Gasteiger partial charge in [-0.25, -0.2) is 4.98 Å². The highest BCUT2D eigenvalue weighted by atomic mass is 35.5. The number of nitrogens with one attached hydrogen (secondary N) is 1. The van der Waals surface area contributed by atoms with Gasteiger partial charge in [0.2, 0.25) is 5.91 Å². The van der Waals surface area contributed by atoms with Crippen LogP contribution in [-0.4, -0.2) is 40.0 Å². The van der Waals surface area contributed by atoms with Gasteiger partial charge in [0.25, 0.3) is 0 Å². The summed E-state index contributed by atoms with van der Waals surface area (Å²) in [5.41, 5.74) is 1.24. The minimum Gasteiger partial charge on any atom is -0.355 e. The maximum Gasteiger partial charge on any atom is 0.416 e. The number of alkyl halides is 3. The van der Waals surface area contributed by atoms with Crippen LogP contribution in [0.3, 0.4) is 0 Å². The second kappa shape index (κ2) is 10.8. The van der Waals surface area contributed by atoms with Crippen molar-refractivity contribution in [3.8, 4) is 22.5 Å². The van der Waals surface area contributed by atoms with Gasteiger partial charge in [-0.2, -0.15) is 13.2 Å². The van der Waals surface area contributed by atoms with Crippen molar-refractivity contribution in [2.45, 2.75) is 45.3 Å². The van der Waals surface area contributed by atoms with Crippen molar-refractivity contribution in [2.75, 3.05) is 18.0 Å². The maximum atomic E-state index is 13.0. The fraction of sp³-hybridized carbons (Fsp3) is 0.385. The number of piperidine rings is 1. The van der Waals surface area contributed by atoms with Crippen LogP contribution in [0.1, 0.15) is 38.7 Å². The first-order chi connectivity index (χ1) is 17.1. The molecule has 1 aliphatic heterocycles. The lowest BCUT2D eigenvalue weighted by Crippen LogP contribution is -2.45. The predicted molar refractivity (Wildman–Crippen MR) is 134 cm³/mol. The van der Waals surface area contributed by atoms with Crippen molar-refractivity contribution in [2.24, 2.45) is 5.92 Å². The van der Waals surface area contributed by atoms with Crippen LogP contribution in [0, 0.1) is 5.92 Å². The van der Waals surface area contributed by atoms with Crippen molar-refractivity contribution in [3.05, 3.63) is 59.5 Å². The zero-order valence-corrected chi connectivity index (χ0v) is 20.8. The molecule has 1 aromatic carbocycles. The first-order valence-electron chi connectivity index (χ1n) is 11.8. The smallest absolute Gasteiger partial charge is 0.355 e. The van der Waals surface area contributed by atoms with Gasteiger partial charge in [0.1, 0.15) is 11.5 Å². The molecule has 10 heteroatoms. The average Bonchev–Trinajstić information content (AvgIpc) is 2.83. The van der Waals surface area contributed by atoms with E-state index in [2.05, 4.69) is 20.2 Å². The van der Waals surface area contributed by atoms with Crippen molar-refractivity contribution < 1.29 is 18.0 Å². The van der Waals surface area contributed by atoms with E-state index in [4.69, 9.17) is 16.6 Å². The van der Waals surface area contributed by atoms with Crippen LogP contribution in [0.25, 0.3) is 22.5 Å². The molecule has 0 unspecified atom stereocenters. The summed E-state index contributed by atoms with van der Waals surface area (Å²) in [6.07, 6.45) is 2.33. The van der Waals surface area contributed by atoms with Gasteiger partial charge in [0, 0.05) is 49.1 Å². The number of nitrogens with zero attached hydrogens (tertiary/aromatic N) is 4. The summed E-state index contributed by atoms with van der Waals surface area (Å²) in [4.78, 5) is 27.7. The summed E-state index contributed by atoms with van der Waals surface area (Å²) < 4.78 is 39.1. The highest BCUT2D eigenvalue weighted by Crippen LogP contribution is 2.36. The molecule has 0 spiro atoms. The summed E-state index contributed by atoms with van der Waals surface area (Å²) in [6.45, 7) is 5.40. The second-order valence-corrected chi connectivity index (χ2v) is 9.69. The first kappa shape index (κ1) is 25.9. The number of anilines is 1. The summed E-state index contributed by atoms with van der Waals surface area (Å²) in [5, 5.41) is 3.47. The van der Waals surface area contributed by atoms with E-state index in [0.717, 1.165) is 25.0 Å². The molecule has 4 rings (SSSR count). The van der Waals surface area contributed by atoms with Crippen LogP contribution in [0.15, 0.2) is 48.9 Å². The molecular formula is C26H27ClF3N5O. The Morgan fingerprint density at radius 1 is 1.11 bits per heavy atom. The predicted octanol–water partition coefficient (Wildman–Crippen LogP) is 6.01. The summed E-state index contributed by atoms with van der Waals surface area (Å²) in [6, 6.07) is 6.65. The molecule has 1 N–H and O–H groups in total. The van der Waals surface area contributed by atoms with Crippen LogP contribution in [-0.2, 0) is 11.0 Å². The molecule has 0 bridgehead atoms. The second-order valence-electron chi connectivity index (χ2n) is 9.28. The van der Waals surface area contributed by atoms with E-state index in [-0.39, 0.29) is 11.9 Å². The van der Waals surface area contributed by atoms with Gasteiger partial charge >= 0.3 is 6.18 Å². The molecule has 1 aliphatic rings. The lowest BCUT2D eigenvalue weighted by atomic mass is 10.0. The number of amides is 1. The average molecular weight is 518 g/mol. The Labute approximate surface area is 212 Å². The maximum absolute atomic E-state index is 13.0. The van der Waals surface area contributed by atoms with Gasteiger partial charge in [-0.05, 0) is 37.0 Å². The normalized spacial score (nSPS) is 14.8. The topological polar surface area (TPSA) is 71.0 Å². The van der Waals surface area contributed by atoms with Crippen LogP contribution < -0.4 is 10.2 Å². The number of aromatic nitrogens is 3. The van der Waals surface area contributed by atoms with Crippen molar-refractivity contribution in [1.29, 1.82) is 0 Å². The van der Waals surface area contributed by atoms with Crippen molar-refractivity contribution in [3.63, 3.8) is 0 Å². The molecule has 36 heavy (non-hydrogen) atoms. The zero-order chi connectivity index (χ0) is 25.9. The van der Waals surface area contributed by atoms with Gasteiger partial charge < -0.3 is 10.2 Å². The Morgan fingerprint density at radius 3 is 2.42 bits per heavy atom. The van der Waals surface area contributed by atoms with Crippen molar-refractivity contribution in [1.82, 2.24) is 20.3 Å². The number of halogens is 4. The summed E-state index contributed by atoms with van der Waals surface area (Å²) >= 11 is 6.41. The van der Waals surface area contributed by atoms with E-state index in [1.54, 1.807) is 18.5 Å². The Hall–Kier alpha value is -3.20. The highest BCUT2D eigenvalue weighted by molar-refractivity contribution is 6.33. The van der Waals surface area contributed by atoms with Gasteiger partial charge in [-0.1, -0.05) is 37.6 Å². The molecule has 1 fully saturated rings. The van der Waals surface area contributed by atoms with E-state index in [9.17, 15) is 18.0 Å². The van der Waals surface area contributed by atoms with E-state index in [1.165, 1.54) is 18.3 Å². The zero-order valence-electron chi connectivity index (χ0n) is 20.0. The van der Waals surface area contributed by atoms with Gasteiger partial charge in [-0.3, -0.25) is 14.8 Å². The summed E-state index contributed by atoms with van der Waals surface area (Å²) in [7, 11) is 0. The van der Waals surface area contributed by atoms with E-state index in [0.29, 0.717) is 58.8 Å². The van der Waals surface area contributed by atoms with E-state index < -0.39 is 11.7 Å². The molecule has 0 radical (unpaired) electrons. The monoisotopic (exact) mass is 517 g/mol. The molecule has 0 atom stereocenters. The number of carbonyl (C=O) groups excluding carboxylic acids is 1. The fourth-order valence-corrected chi connectivity index (χ4v) is 4.43. The fourth-order valence-electron chi connectivity index (χ4n) is 4.23. The molecule has 6 nitrogen and oxygen atoms in total. The minimum atomic E-state index is -4.42. The Bertz CT molecular complexity index is 1210. The molecule has 0 aliphatic carbocycles. The number of pyridine rings is 1. The third kappa shape index (κ3) is 6.13. The van der Waals surface area contributed by atoms with E-state index >= 15 is 0 Å². The van der Waals surface area contributed by atoms with Gasteiger partial charge in [0.05, 0.1) is 22.5 Å². The summed E-state index contributed by atoms with van der Waals surface area (Å²) in [5.74, 6) is 1.02. The highest BCUT2D eigenvalue weighted by Gasteiger charge is 2.30. The lowest BCUT2D eigenvalue weighted by Gasteiger charge is -2.33. The number of rotatable bonds is 6. The third-order valence-electron chi connectivity index (χ3n) is 6.05. The molecule has 3 heterocycles. The van der Waals surface area contributed by atoms with Gasteiger partial charge in [0.15, 0.2) is 0 Å². The lowest BCUT2D eigenvalue weighted by molar-refractivity contribution is -0.137. The largest absolute Gasteiger partial charge is 0.416 e. The molecule has 1 saturated heterocycles.